The van der Waals surface area contributed by atoms with E-state index in [1.807, 2.05) is 12.1 Å². The summed E-state index contributed by atoms with van der Waals surface area (Å²) in [6.07, 6.45) is 1.88. The van der Waals surface area contributed by atoms with E-state index in [4.69, 9.17) is 4.74 Å². The minimum absolute atomic E-state index is 0.132. The SMILES string of the molecule is CCOC(=O)c1ccc(-n2nnc(CO)c2C(CC)CC)cc1. The van der Waals surface area contributed by atoms with Crippen LogP contribution in [0.25, 0.3) is 5.69 Å². The lowest BCUT2D eigenvalue weighted by Gasteiger charge is -2.15. The zero-order valence-electron chi connectivity index (χ0n) is 13.8. The molecule has 2 rings (SSSR count). The Kier molecular flexibility index (Phi) is 5.87. The average Bonchev–Trinajstić information content (AvgIpc) is 3.00. The molecule has 124 valence electrons. The summed E-state index contributed by atoms with van der Waals surface area (Å²) in [6.45, 7) is 6.21. The molecule has 0 atom stereocenters. The van der Waals surface area contributed by atoms with Crippen LogP contribution in [0.5, 0.6) is 0 Å². The van der Waals surface area contributed by atoms with Gasteiger partial charge >= 0.3 is 5.97 Å². The first kappa shape index (κ1) is 17.1. The monoisotopic (exact) mass is 317 g/mol. The van der Waals surface area contributed by atoms with Gasteiger partial charge in [0.1, 0.15) is 5.69 Å². The number of nitrogens with zero attached hydrogens (tertiary/aromatic N) is 3. The van der Waals surface area contributed by atoms with Crippen molar-refractivity contribution >= 4 is 5.97 Å². The Morgan fingerprint density at radius 3 is 2.39 bits per heavy atom. The Labute approximate surface area is 136 Å². The van der Waals surface area contributed by atoms with Gasteiger partial charge < -0.3 is 9.84 Å². The number of aliphatic hydroxyl groups excluding tert-OH is 1. The van der Waals surface area contributed by atoms with Gasteiger partial charge in [0.05, 0.1) is 30.2 Å². The fraction of sp³-hybridized carbons (Fsp3) is 0.471. The van der Waals surface area contributed by atoms with Gasteiger partial charge in [0.2, 0.25) is 0 Å². The molecule has 0 aliphatic carbocycles. The molecule has 1 aromatic carbocycles. The summed E-state index contributed by atoms with van der Waals surface area (Å²) >= 11 is 0. The van der Waals surface area contributed by atoms with Gasteiger partial charge in [-0.3, -0.25) is 0 Å². The first-order valence-electron chi connectivity index (χ1n) is 7.99. The quantitative estimate of drug-likeness (QED) is 0.795. The van der Waals surface area contributed by atoms with Gasteiger partial charge in [-0.05, 0) is 44.0 Å². The van der Waals surface area contributed by atoms with E-state index < -0.39 is 0 Å². The Morgan fingerprint density at radius 1 is 1.22 bits per heavy atom. The van der Waals surface area contributed by atoms with Crippen LogP contribution in [0, 0.1) is 0 Å². The zero-order valence-corrected chi connectivity index (χ0v) is 13.8. The van der Waals surface area contributed by atoms with Crippen molar-refractivity contribution in [2.24, 2.45) is 0 Å². The Bertz CT molecular complexity index is 646. The fourth-order valence-electron chi connectivity index (χ4n) is 2.66. The molecule has 0 radical (unpaired) electrons. The normalized spacial score (nSPS) is 11.0. The molecule has 1 aromatic heterocycles. The molecule has 0 fully saturated rings. The van der Waals surface area contributed by atoms with Gasteiger partial charge in [0, 0.05) is 5.92 Å². The molecule has 0 bridgehead atoms. The average molecular weight is 317 g/mol. The van der Waals surface area contributed by atoms with E-state index in [0.29, 0.717) is 17.9 Å². The highest BCUT2D eigenvalue weighted by atomic mass is 16.5. The largest absolute Gasteiger partial charge is 0.462 e. The number of carbonyl (C=O) groups is 1. The summed E-state index contributed by atoms with van der Waals surface area (Å²) in [5.41, 5.74) is 2.85. The lowest BCUT2D eigenvalue weighted by molar-refractivity contribution is 0.0526. The van der Waals surface area contributed by atoms with Crippen LogP contribution >= 0.6 is 0 Å². The second-order valence-corrected chi connectivity index (χ2v) is 5.27. The Morgan fingerprint density at radius 2 is 1.87 bits per heavy atom. The van der Waals surface area contributed by atoms with Crippen molar-refractivity contribution < 1.29 is 14.6 Å². The third-order valence-corrected chi connectivity index (χ3v) is 3.92. The molecule has 1 N–H and O–H groups in total. The van der Waals surface area contributed by atoms with Gasteiger partial charge in [-0.15, -0.1) is 5.10 Å². The van der Waals surface area contributed by atoms with E-state index in [2.05, 4.69) is 24.2 Å². The number of carbonyl (C=O) groups excluding carboxylic acids is 1. The minimum Gasteiger partial charge on any atom is -0.462 e. The molecule has 0 aliphatic heterocycles. The smallest absolute Gasteiger partial charge is 0.338 e. The maximum Gasteiger partial charge on any atom is 0.338 e. The molecular formula is C17H23N3O3. The zero-order chi connectivity index (χ0) is 16.8. The highest BCUT2D eigenvalue weighted by Gasteiger charge is 2.20. The molecule has 0 aliphatic rings. The van der Waals surface area contributed by atoms with Crippen molar-refractivity contribution in [3.63, 3.8) is 0 Å². The van der Waals surface area contributed by atoms with E-state index in [1.54, 1.807) is 23.7 Å². The Hall–Kier alpha value is -2.21. The predicted molar refractivity (Wildman–Crippen MR) is 86.6 cm³/mol. The van der Waals surface area contributed by atoms with Crippen LogP contribution in [0.1, 0.15) is 61.3 Å². The number of esters is 1. The first-order chi connectivity index (χ1) is 11.2. The number of hydrogen-bond acceptors (Lipinski definition) is 5. The fourth-order valence-corrected chi connectivity index (χ4v) is 2.66. The minimum atomic E-state index is -0.339. The number of ether oxygens (including phenoxy) is 1. The van der Waals surface area contributed by atoms with E-state index in [9.17, 15) is 9.90 Å². The molecule has 6 nitrogen and oxygen atoms in total. The van der Waals surface area contributed by atoms with E-state index in [1.165, 1.54) is 0 Å². The second-order valence-electron chi connectivity index (χ2n) is 5.27. The third-order valence-electron chi connectivity index (χ3n) is 3.92. The summed E-state index contributed by atoms with van der Waals surface area (Å²) < 4.78 is 6.73. The molecule has 0 unspecified atom stereocenters. The van der Waals surface area contributed by atoms with Crippen molar-refractivity contribution in [1.82, 2.24) is 15.0 Å². The number of aliphatic hydroxyl groups is 1. The predicted octanol–water partition coefficient (Wildman–Crippen LogP) is 2.84. The Balaban J connectivity index is 2.38. The summed E-state index contributed by atoms with van der Waals surface area (Å²) in [6, 6.07) is 7.05. The van der Waals surface area contributed by atoms with Gasteiger partial charge in [-0.1, -0.05) is 19.1 Å². The van der Waals surface area contributed by atoms with Crippen molar-refractivity contribution in [1.29, 1.82) is 0 Å². The lowest BCUT2D eigenvalue weighted by atomic mass is 9.97. The van der Waals surface area contributed by atoms with Crippen molar-refractivity contribution in [3.05, 3.63) is 41.2 Å². The van der Waals surface area contributed by atoms with Gasteiger partial charge in [0.15, 0.2) is 0 Å². The number of aromatic nitrogens is 3. The van der Waals surface area contributed by atoms with E-state index >= 15 is 0 Å². The number of hydrogen-bond donors (Lipinski definition) is 1. The molecule has 1 heterocycles. The molecular weight excluding hydrogens is 294 g/mol. The maximum atomic E-state index is 11.7. The third kappa shape index (κ3) is 3.59. The van der Waals surface area contributed by atoms with Crippen LogP contribution in [-0.2, 0) is 11.3 Å². The van der Waals surface area contributed by atoms with Crippen molar-refractivity contribution in [2.75, 3.05) is 6.61 Å². The van der Waals surface area contributed by atoms with Crippen LogP contribution in [0.2, 0.25) is 0 Å². The summed E-state index contributed by atoms with van der Waals surface area (Å²) in [7, 11) is 0. The lowest BCUT2D eigenvalue weighted by Crippen LogP contribution is -2.10. The topological polar surface area (TPSA) is 77.2 Å². The molecule has 2 aromatic rings. The van der Waals surface area contributed by atoms with Gasteiger partial charge in [0.25, 0.3) is 0 Å². The molecule has 0 saturated carbocycles. The van der Waals surface area contributed by atoms with Crippen LogP contribution in [0.3, 0.4) is 0 Å². The molecule has 0 saturated heterocycles. The van der Waals surface area contributed by atoms with Crippen molar-refractivity contribution in [2.45, 2.75) is 46.1 Å². The summed E-state index contributed by atoms with van der Waals surface area (Å²) in [5.74, 6) is -0.0641. The highest BCUT2D eigenvalue weighted by Crippen LogP contribution is 2.27. The summed E-state index contributed by atoms with van der Waals surface area (Å²) in [5, 5.41) is 17.8. The maximum absolute atomic E-state index is 11.7. The standard InChI is InChI=1S/C17H23N3O3/c1-4-12(5-2)16-15(11-21)18-19-20(16)14-9-7-13(8-10-14)17(22)23-6-3/h7-10,12,21H,4-6,11H2,1-3H3. The second kappa shape index (κ2) is 7.87. The molecule has 0 amide bonds. The van der Waals surface area contributed by atoms with E-state index in [0.717, 1.165) is 24.2 Å². The highest BCUT2D eigenvalue weighted by molar-refractivity contribution is 5.89. The van der Waals surface area contributed by atoms with E-state index in [-0.39, 0.29) is 18.5 Å². The van der Waals surface area contributed by atoms with Crippen LogP contribution in [-0.4, -0.2) is 32.7 Å². The number of rotatable bonds is 7. The van der Waals surface area contributed by atoms with Crippen LogP contribution in [0.15, 0.2) is 24.3 Å². The van der Waals surface area contributed by atoms with Crippen LogP contribution in [0.4, 0.5) is 0 Å². The number of benzene rings is 1. The molecule has 6 heteroatoms. The van der Waals surface area contributed by atoms with Crippen molar-refractivity contribution in [3.8, 4) is 5.69 Å². The van der Waals surface area contributed by atoms with Gasteiger partial charge in [-0.2, -0.15) is 0 Å². The molecule has 23 heavy (non-hydrogen) atoms. The van der Waals surface area contributed by atoms with Gasteiger partial charge in [-0.25, -0.2) is 9.48 Å². The first-order valence-corrected chi connectivity index (χ1v) is 7.99. The van der Waals surface area contributed by atoms with Crippen LogP contribution < -0.4 is 0 Å². The summed E-state index contributed by atoms with van der Waals surface area (Å²) in [4.78, 5) is 11.7. The molecule has 0 spiro atoms.